The van der Waals surface area contributed by atoms with Crippen molar-refractivity contribution in [1.82, 2.24) is 10.2 Å². The Morgan fingerprint density at radius 3 is 2.55 bits per heavy atom. The van der Waals surface area contributed by atoms with Crippen molar-refractivity contribution < 1.29 is 19.1 Å². The largest absolute Gasteiger partial charge is 0.359 e. The number of aryl methyl sites for hydroxylation is 1. The number of nitrogens with zero attached hydrogens (tertiary/aromatic N) is 1. The summed E-state index contributed by atoms with van der Waals surface area (Å²) in [4.78, 5) is 42.2. The van der Waals surface area contributed by atoms with Crippen molar-refractivity contribution in [2.75, 3.05) is 11.9 Å². The third-order valence-corrected chi connectivity index (χ3v) is 7.66. The molecule has 5 atom stereocenters. The van der Waals surface area contributed by atoms with E-state index in [1.165, 1.54) is 6.42 Å². The maximum absolute atomic E-state index is 13.6. The summed E-state index contributed by atoms with van der Waals surface area (Å²) in [6.07, 6.45) is 9.33. The second kappa shape index (κ2) is 8.60. The molecule has 33 heavy (non-hydrogen) atoms. The van der Waals surface area contributed by atoms with Gasteiger partial charge in [-0.25, -0.2) is 0 Å². The number of hydrogen-bond donors (Lipinski definition) is 2. The lowest BCUT2D eigenvalue weighted by atomic mass is 9.74. The molecule has 3 heterocycles. The zero-order chi connectivity index (χ0) is 23.2. The lowest BCUT2D eigenvalue weighted by molar-refractivity contribution is -0.141. The molecule has 0 radical (unpaired) electrons. The van der Waals surface area contributed by atoms with E-state index in [0.717, 1.165) is 37.7 Å². The van der Waals surface area contributed by atoms with Crippen molar-refractivity contribution in [3.63, 3.8) is 0 Å². The third kappa shape index (κ3) is 3.66. The molecule has 5 rings (SSSR count). The fourth-order valence-corrected chi connectivity index (χ4v) is 6.14. The predicted molar refractivity (Wildman–Crippen MR) is 124 cm³/mol. The smallest absolute Gasteiger partial charge is 0.246 e. The first-order valence-electron chi connectivity index (χ1n) is 12.3. The van der Waals surface area contributed by atoms with Crippen LogP contribution in [0.1, 0.15) is 51.0 Å². The Morgan fingerprint density at radius 1 is 1.12 bits per heavy atom. The first-order valence-corrected chi connectivity index (χ1v) is 12.3. The molecule has 3 aliphatic heterocycles. The van der Waals surface area contributed by atoms with E-state index in [2.05, 4.69) is 10.6 Å². The van der Waals surface area contributed by atoms with Crippen LogP contribution in [0, 0.1) is 18.8 Å². The molecule has 3 fully saturated rings. The summed E-state index contributed by atoms with van der Waals surface area (Å²) in [5.74, 6) is -1.90. The molecule has 2 bridgehead atoms. The second-order valence-electron chi connectivity index (χ2n) is 9.93. The molecule has 7 nitrogen and oxygen atoms in total. The predicted octanol–water partition coefficient (Wildman–Crippen LogP) is 2.94. The van der Waals surface area contributed by atoms with Crippen LogP contribution in [0.25, 0.3) is 0 Å². The van der Waals surface area contributed by atoms with Crippen LogP contribution in [0.2, 0.25) is 0 Å². The number of rotatable bonds is 6. The number of benzene rings is 1. The van der Waals surface area contributed by atoms with Gasteiger partial charge >= 0.3 is 0 Å². The molecule has 1 saturated carbocycles. The highest BCUT2D eigenvalue weighted by molar-refractivity contribution is 6.02. The number of hydrogen-bond acceptors (Lipinski definition) is 4. The van der Waals surface area contributed by atoms with Crippen LogP contribution in [0.5, 0.6) is 0 Å². The SMILES string of the molecule is CCCN1C(=O)[C@H]2C(C(=O)Nc3ccc(C)cc3)[C@H]3C=CC2(O3)C1C(=O)NC1CCCCC1. The Hall–Kier alpha value is -2.67. The van der Waals surface area contributed by atoms with Gasteiger partial charge in [0, 0.05) is 18.3 Å². The van der Waals surface area contributed by atoms with Crippen molar-refractivity contribution in [3.8, 4) is 0 Å². The zero-order valence-electron chi connectivity index (χ0n) is 19.4. The van der Waals surface area contributed by atoms with Crippen molar-refractivity contribution in [1.29, 1.82) is 0 Å². The van der Waals surface area contributed by atoms with Crippen LogP contribution in [-0.4, -0.2) is 53.0 Å². The molecule has 1 aromatic rings. The molecule has 1 aliphatic carbocycles. The van der Waals surface area contributed by atoms with Gasteiger partial charge in [0.05, 0.1) is 17.9 Å². The number of anilines is 1. The van der Waals surface area contributed by atoms with Crippen LogP contribution in [0.3, 0.4) is 0 Å². The Kier molecular flexibility index (Phi) is 5.77. The van der Waals surface area contributed by atoms with Gasteiger partial charge in [0.1, 0.15) is 11.6 Å². The molecule has 2 N–H and O–H groups in total. The molecule has 1 spiro atoms. The molecule has 2 saturated heterocycles. The van der Waals surface area contributed by atoms with Crippen LogP contribution in [0.15, 0.2) is 36.4 Å². The quantitative estimate of drug-likeness (QED) is 0.651. The highest BCUT2D eigenvalue weighted by Crippen LogP contribution is 2.55. The standard InChI is InChI=1S/C26H33N3O4/c1-3-15-29-22(24(31)28-17-7-5-4-6-8-17)26-14-13-19(33-26)20(21(26)25(29)32)23(30)27-18-11-9-16(2)10-12-18/h9-14,17,19-22H,3-8,15H2,1-2H3,(H,27,30)(H,28,31)/t19-,20?,21-,22?,26?/m1/s1. The first kappa shape index (κ1) is 22.1. The molecule has 1 aromatic carbocycles. The van der Waals surface area contributed by atoms with E-state index in [4.69, 9.17) is 4.74 Å². The summed E-state index contributed by atoms with van der Waals surface area (Å²) < 4.78 is 6.35. The van der Waals surface area contributed by atoms with Crippen LogP contribution < -0.4 is 10.6 Å². The van der Waals surface area contributed by atoms with Crippen LogP contribution in [0.4, 0.5) is 5.69 Å². The molecule has 3 unspecified atom stereocenters. The molecule has 0 aromatic heterocycles. The van der Waals surface area contributed by atoms with Crippen molar-refractivity contribution >= 4 is 23.4 Å². The van der Waals surface area contributed by atoms with Crippen molar-refractivity contribution in [3.05, 3.63) is 42.0 Å². The number of amides is 3. The number of nitrogens with one attached hydrogen (secondary N) is 2. The Balaban J connectivity index is 1.41. The average Bonchev–Trinajstić information content (AvgIpc) is 3.44. The van der Waals surface area contributed by atoms with E-state index in [9.17, 15) is 14.4 Å². The fourth-order valence-electron chi connectivity index (χ4n) is 6.14. The van der Waals surface area contributed by atoms with Gasteiger partial charge in [-0.3, -0.25) is 14.4 Å². The second-order valence-corrected chi connectivity index (χ2v) is 9.93. The minimum Gasteiger partial charge on any atom is -0.359 e. The van der Waals surface area contributed by atoms with Crippen LogP contribution in [-0.2, 0) is 19.1 Å². The number of fused-ring (bicyclic) bond motifs is 1. The maximum atomic E-state index is 13.6. The molecule has 176 valence electrons. The van der Waals surface area contributed by atoms with E-state index >= 15 is 0 Å². The Morgan fingerprint density at radius 2 is 1.85 bits per heavy atom. The molecular weight excluding hydrogens is 418 g/mol. The lowest BCUT2D eigenvalue weighted by Gasteiger charge is -2.34. The first-order chi connectivity index (χ1) is 15.9. The van der Waals surface area contributed by atoms with Crippen molar-refractivity contribution in [2.45, 2.75) is 76.2 Å². The van der Waals surface area contributed by atoms with Crippen molar-refractivity contribution in [2.24, 2.45) is 11.8 Å². The average molecular weight is 452 g/mol. The number of carbonyl (C=O) groups is 3. The number of carbonyl (C=O) groups excluding carboxylic acids is 3. The maximum Gasteiger partial charge on any atom is 0.246 e. The topological polar surface area (TPSA) is 87.7 Å². The summed E-state index contributed by atoms with van der Waals surface area (Å²) in [7, 11) is 0. The molecule has 3 amide bonds. The number of ether oxygens (including phenoxy) is 1. The van der Waals surface area contributed by atoms with Gasteiger partial charge in [0.25, 0.3) is 0 Å². The van der Waals surface area contributed by atoms with Gasteiger partial charge in [-0.15, -0.1) is 0 Å². The molecule has 4 aliphatic rings. The number of likely N-dealkylation sites (tertiary alicyclic amines) is 1. The van der Waals surface area contributed by atoms with Gasteiger partial charge in [0.15, 0.2) is 0 Å². The van der Waals surface area contributed by atoms with Gasteiger partial charge in [0.2, 0.25) is 17.7 Å². The van der Waals surface area contributed by atoms with E-state index in [1.807, 2.05) is 50.3 Å². The van der Waals surface area contributed by atoms with E-state index in [1.54, 1.807) is 4.90 Å². The summed E-state index contributed by atoms with van der Waals surface area (Å²) in [6.45, 7) is 4.45. The van der Waals surface area contributed by atoms with E-state index < -0.39 is 29.6 Å². The lowest BCUT2D eigenvalue weighted by Crippen LogP contribution is -2.56. The summed E-state index contributed by atoms with van der Waals surface area (Å²) in [5, 5.41) is 6.16. The highest BCUT2D eigenvalue weighted by Gasteiger charge is 2.72. The Bertz CT molecular complexity index is 968. The zero-order valence-corrected chi connectivity index (χ0v) is 19.4. The molecular formula is C26H33N3O4. The highest BCUT2D eigenvalue weighted by atomic mass is 16.5. The van der Waals surface area contributed by atoms with Gasteiger partial charge in [-0.2, -0.15) is 0 Å². The molecule has 7 heteroatoms. The monoisotopic (exact) mass is 451 g/mol. The fraction of sp³-hybridized carbons (Fsp3) is 0.577. The van der Waals surface area contributed by atoms with Gasteiger partial charge in [-0.05, 0) is 38.3 Å². The normalized spacial score (nSPS) is 32.8. The minimum absolute atomic E-state index is 0.142. The summed E-state index contributed by atoms with van der Waals surface area (Å²) in [6, 6.07) is 6.98. The minimum atomic E-state index is -1.08. The van der Waals surface area contributed by atoms with Gasteiger partial charge < -0.3 is 20.3 Å². The van der Waals surface area contributed by atoms with Gasteiger partial charge in [-0.1, -0.05) is 56.0 Å². The Labute approximate surface area is 194 Å². The van der Waals surface area contributed by atoms with E-state index in [-0.39, 0.29) is 23.8 Å². The third-order valence-electron chi connectivity index (χ3n) is 7.66. The summed E-state index contributed by atoms with van der Waals surface area (Å²) >= 11 is 0. The summed E-state index contributed by atoms with van der Waals surface area (Å²) in [5.41, 5.74) is 0.713. The van der Waals surface area contributed by atoms with Crippen LogP contribution >= 0.6 is 0 Å². The van der Waals surface area contributed by atoms with E-state index in [0.29, 0.717) is 12.2 Å².